The summed E-state index contributed by atoms with van der Waals surface area (Å²) >= 11 is 0. The zero-order valence-electron chi connectivity index (χ0n) is 14.6. The van der Waals surface area contributed by atoms with Gasteiger partial charge in [-0.2, -0.15) is 0 Å². The van der Waals surface area contributed by atoms with Gasteiger partial charge in [0.2, 0.25) is 0 Å². The highest BCUT2D eigenvalue weighted by atomic mass is 16.6. The molecule has 0 aliphatic heterocycles. The van der Waals surface area contributed by atoms with E-state index in [0.717, 1.165) is 5.56 Å². The minimum Gasteiger partial charge on any atom is -0.482 e. The molecule has 6 nitrogen and oxygen atoms in total. The molecular formula is C20H21NO5. The second-order valence-corrected chi connectivity index (χ2v) is 5.62. The van der Waals surface area contributed by atoms with Crippen LogP contribution in [0.25, 0.3) is 0 Å². The van der Waals surface area contributed by atoms with Crippen LogP contribution >= 0.6 is 0 Å². The summed E-state index contributed by atoms with van der Waals surface area (Å²) in [7, 11) is 0. The largest absolute Gasteiger partial charge is 0.482 e. The zero-order chi connectivity index (χ0) is 18.8. The Morgan fingerprint density at radius 1 is 0.962 bits per heavy atom. The number of hydrogen-bond donors (Lipinski definition) is 1. The lowest BCUT2D eigenvalue weighted by molar-refractivity contribution is -0.150. The van der Waals surface area contributed by atoms with Crippen molar-refractivity contribution in [2.75, 3.05) is 19.8 Å². The van der Waals surface area contributed by atoms with Gasteiger partial charge in [-0.25, -0.2) is 4.79 Å². The molecule has 0 aliphatic rings. The van der Waals surface area contributed by atoms with Crippen molar-refractivity contribution in [1.29, 1.82) is 0 Å². The number of ether oxygens (including phenoxy) is 2. The van der Waals surface area contributed by atoms with Crippen molar-refractivity contribution in [2.24, 2.45) is 0 Å². The first-order valence-electron chi connectivity index (χ1n) is 8.24. The molecule has 0 spiro atoms. The Balaban J connectivity index is 1.64. The molecule has 136 valence electrons. The molecule has 0 atom stereocenters. The Morgan fingerprint density at radius 3 is 2.46 bits per heavy atom. The number of hydrogen-bond acceptors (Lipinski definition) is 5. The van der Waals surface area contributed by atoms with Crippen LogP contribution in [0, 0.1) is 0 Å². The van der Waals surface area contributed by atoms with Crippen LogP contribution in [0.4, 0.5) is 0 Å². The molecule has 0 unspecified atom stereocenters. The molecule has 26 heavy (non-hydrogen) atoms. The number of amides is 1. The number of carbonyl (C=O) groups is 3. The second-order valence-electron chi connectivity index (χ2n) is 5.62. The van der Waals surface area contributed by atoms with Crippen LogP contribution in [0.15, 0.2) is 54.6 Å². The van der Waals surface area contributed by atoms with Crippen LogP contribution in [-0.2, 0) is 20.7 Å². The van der Waals surface area contributed by atoms with E-state index in [4.69, 9.17) is 9.47 Å². The number of nitrogens with one attached hydrogen (secondary N) is 1. The average molecular weight is 355 g/mol. The Bertz CT molecular complexity index is 758. The molecule has 0 saturated carbocycles. The Hall–Kier alpha value is -3.15. The molecule has 1 amide bonds. The number of rotatable bonds is 9. The first kappa shape index (κ1) is 19.2. The summed E-state index contributed by atoms with van der Waals surface area (Å²) < 4.78 is 10.1. The monoisotopic (exact) mass is 355 g/mol. The number of carbonyl (C=O) groups excluding carboxylic acids is 3. The summed E-state index contributed by atoms with van der Waals surface area (Å²) in [4.78, 5) is 34.6. The van der Waals surface area contributed by atoms with Gasteiger partial charge in [-0.05, 0) is 31.0 Å². The first-order chi connectivity index (χ1) is 12.5. The van der Waals surface area contributed by atoms with Gasteiger partial charge in [0.25, 0.3) is 5.91 Å². The third kappa shape index (κ3) is 6.76. The molecule has 0 radical (unpaired) electrons. The predicted molar refractivity (Wildman–Crippen MR) is 96.1 cm³/mol. The highest BCUT2D eigenvalue weighted by Gasteiger charge is 2.09. The molecule has 6 heteroatoms. The summed E-state index contributed by atoms with van der Waals surface area (Å²) in [5.74, 6) is -0.726. The number of benzene rings is 2. The van der Waals surface area contributed by atoms with Gasteiger partial charge in [-0.3, -0.25) is 9.59 Å². The minimum absolute atomic E-state index is 0.0924. The van der Waals surface area contributed by atoms with Crippen LogP contribution in [0.1, 0.15) is 22.8 Å². The molecule has 0 aromatic heterocycles. The molecule has 0 heterocycles. The summed E-state index contributed by atoms with van der Waals surface area (Å²) in [6.45, 7) is 1.22. The van der Waals surface area contributed by atoms with Crippen LogP contribution in [0.3, 0.4) is 0 Å². The first-order valence-corrected chi connectivity index (χ1v) is 8.24. The van der Waals surface area contributed by atoms with E-state index in [0.29, 0.717) is 24.3 Å². The van der Waals surface area contributed by atoms with Crippen molar-refractivity contribution in [3.05, 3.63) is 65.7 Å². The summed E-state index contributed by atoms with van der Waals surface area (Å²) in [5.41, 5.74) is 1.61. The normalized spacial score (nSPS) is 10.0. The van der Waals surface area contributed by atoms with Crippen molar-refractivity contribution < 1.29 is 23.9 Å². The van der Waals surface area contributed by atoms with Crippen molar-refractivity contribution in [1.82, 2.24) is 5.32 Å². The summed E-state index contributed by atoms with van der Waals surface area (Å²) in [5, 5.41) is 2.69. The molecule has 2 aromatic carbocycles. The van der Waals surface area contributed by atoms with Gasteiger partial charge in [-0.15, -0.1) is 0 Å². The van der Waals surface area contributed by atoms with Crippen LogP contribution in [0.2, 0.25) is 0 Å². The van der Waals surface area contributed by atoms with Gasteiger partial charge in [0.05, 0.1) is 0 Å². The van der Waals surface area contributed by atoms with Crippen molar-refractivity contribution >= 4 is 17.7 Å². The fraction of sp³-hybridized carbons (Fsp3) is 0.250. The lowest BCUT2D eigenvalue weighted by Gasteiger charge is -2.08. The molecule has 0 bridgehead atoms. The Morgan fingerprint density at radius 2 is 1.73 bits per heavy atom. The number of Topliss-reactive ketones (excluding diaryl/α,β-unsaturated/α-hetero) is 1. The topological polar surface area (TPSA) is 81.7 Å². The van der Waals surface area contributed by atoms with E-state index in [1.54, 1.807) is 24.3 Å². The van der Waals surface area contributed by atoms with Crippen molar-refractivity contribution in [3.8, 4) is 5.75 Å². The third-order valence-corrected chi connectivity index (χ3v) is 3.54. The van der Waals surface area contributed by atoms with E-state index in [2.05, 4.69) is 5.32 Å². The summed E-state index contributed by atoms with van der Waals surface area (Å²) in [6.07, 6.45) is 0.704. The lowest BCUT2D eigenvalue weighted by atomic mass is 10.1. The molecule has 0 fully saturated rings. The van der Waals surface area contributed by atoms with E-state index >= 15 is 0 Å². The maximum atomic E-state index is 11.7. The van der Waals surface area contributed by atoms with Gasteiger partial charge >= 0.3 is 5.97 Å². The van der Waals surface area contributed by atoms with Crippen molar-refractivity contribution in [3.63, 3.8) is 0 Å². The SMILES string of the molecule is CC(=O)c1cccc(OCC(=O)OCC(=O)NCCc2ccccc2)c1. The second kappa shape index (κ2) is 9.98. The van der Waals surface area contributed by atoms with E-state index in [1.807, 2.05) is 30.3 Å². The quantitative estimate of drug-likeness (QED) is 0.551. The van der Waals surface area contributed by atoms with Gasteiger partial charge in [0.1, 0.15) is 5.75 Å². The fourth-order valence-electron chi connectivity index (χ4n) is 2.18. The number of esters is 1. The van der Waals surface area contributed by atoms with Gasteiger partial charge in [0.15, 0.2) is 19.0 Å². The highest BCUT2D eigenvalue weighted by molar-refractivity contribution is 5.94. The Labute approximate surface area is 152 Å². The molecular weight excluding hydrogens is 334 g/mol. The zero-order valence-corrected chi connectivity index (χ0v) is 14.6. The standard InChI is InChI=1S/C20H21NO5/c1-15(22)17-8-5-9-18(12-17)25-14-20(24)26-13-19(23)21-11-10-16-6-3-2-4-7-16/h2-9,12H,10-11,13-14H2,1H3,(H,21,23). The van der Waals surface area contributed by atoms with E-state index < -0.39 is 5.97 Å². The van der Waals surface area contributed by atoms with E-state index in [-0.39, 0.29) is 24.9 Å². The maximum absolute atomic E-state index is 11.7. The third-order valence-electron chi connectivity index (χ3n) is 3.54. The highest BCUT2D eigenvalue weighted by Crippen LogP contribution is 2.13. The molecule has 2 rings (SSSR count). The van der Waals surface area contributed by atoms with Gasteiger partial charge in [-0.1, -0.05) is 42.5 Å². The Kier molecular flexibility index (Phi) is 7.36. The maximum Gasteiger partial charge on any atom is 0.344 e. The van der Waals surface area contributed by atoms with Crippen LogP contribution < -0.4 is 10.1 Å². The van der Waals surface area contributed by atoms with Crippen LogP contribution in [0.5, 0.6) is 5.75 Å². The minimum atomic E-state index is -0.656. The fourth-order valence-corrected chi connectivity index (χ4v) is 2.18. The lowest BCUT2D eigenvalue weighted by Crippen LogP contribution is -2.31. The molecule has 0 aliphatic carbocycles. The smallest absolute Gasteiger partial charge is 0.344 e. The molecule has 0 saturated heterocycles. The predicted octanol–water partition coefficient (Wildman–Crippen LogP) is 2.17. The number of ketones is 1. The average Bonchev–Trinajstić information content (AvgIpc) is 2.66. The van der Waals surface area contributed by atoms with E-state index in [9.17, 15) is 14.4 Å². The summed E-state index contributed by atoms with van der Waals surface area (Å²) in [6, 6.07) is 16.3. The molecule has 2 aromatic rings. The van der Waals surface area contributed by atoms with Gasteiger partial charge < -0.3 is 14.8 Å². The molecule has 1 N–H and O–H groups in total. The van der Waals surface area contributed by atoms with Crippen LogP contribution in [-0.4, -0.2) is 37.4 Å². The van der Waals surface area contributed by atoms with E-state index in [1.165, 1.54) is 6.92 Å². The van der Waals surface area contributed by atoms with Gasteiger partial charge in [0, 0.05) is 12.1 Å². The van der Waals surface area contributed by atoms with Crippen molar-refractivity contribution in [2.45, 2.75) is 13.3 Å².